The van der Waals surface area contributed by atoms with Gasteiger partial charge in [0.25, 0.3) is 0 Å². The van der Waals surface area contributed by atoms with Crippen LogP contribution in [0.25, 0.3) is 0 Å². The number of carbonyl (C=O) groups is 1. The molecule has 16 heavy (non-hydrogen) atoms. The van der Waals surface area contributed by atoms with Crippen LogP contribution in [-0.2, 0) is 4.79 Å². The Morgan fingerprint density at radius 3 is 2.44 bits per heavy atom. The van der Waals surface area contributed by atoms with Crippen molar-refractivity contribution in [3.8, 4) is 0 Å². The number of alkyl halides is 1. The predicted molar refractivity (Wildman–Crippen MR) is 71.8 cm³/mol. The van der Waals surface area contributed by atoms with Crippen LogP contribution >= 0.6 is 15.9 Å². The molecule has 3 unspecified atom stereocenters. The van der Waals surface area contributed by atoms with E-state index in [0.717, 1.165) is 32.4 Å². The van der Waals surface area contributed by atoms with Gasteiger partial charge in [-0.3, -0.25) is 4.79 Å². The summed E-state index contributed by atoms with van der Waals surface area (Å²) < 4.78 is 0. The van der Waals surface area contributed by atoms with E-state index in [-0.39, 0.29) is 4.83 Å². The summed E-state index contributed by atoms with van der Waals surface area (Å²) in [5.41, 5.74) is 0. The molecule has 3 atom stereocenters. The summed E-state index contributed by atoms with van der Waals surface area (Å²) in [5, 5.41) is 0. The molecule has 1 fully saturated rings. The van der Waals surface area contributed by atoms with Crippen molar-refractivity contribution in [2.75, 3.05) is 13.1 Å². The van der Waals surface area contributed by atoms with Crippen LogP contribution in [0.1, 0.15) is 46.5 Å². The molecule has 1 rings (SSSR count). The van der Waals surface area contributed by atoms with Gasteiger partial charge in [-0.2, -0.15) is 0 Å². The molecule has 0 saturated carbocycles. The zero-order valence-electron chi connectivity index (χ0n) is 10.7. The Labute approximate surface area is 108 Å². The summed E-state index contributed by atoms with van der Waals surface area (Å²) in [6.07, 6.45) is 4.50. The van der Waals surface area contributed by atoms with Crippen LogP contribution in [0.15, 0.2) is 0 Å². The van der Waals surface area contributed by atoms with Crippen LogP contribution in [0.5, 0.6) is 0 Å². The Hall–Kier alpha value is -0.0500. The second kappa shape index (κ2) is 6.63. The highest BCUT2D eigenvalue weighted by Gasteiger charge is 2.28. The van der Waals surface area contributed by atoms with Gasteiger partial charge in [0.05, 0.1) is 4.83 Å². The number of nitrogens with zero attached hydrogens (tertiary/aromatic N) is 1. The lowest BCUT2D eigenvalue weighted by Crippen LogP contribution is -2.45. The highest BCUT2D eigenvalue weighted by Crippen LogP contribution is 2.23. The monoisotopic (exact) mass is 289 g/mol. The fourth-order valence-corrected chi connectivity index (χ4v) is 3.16. The summed E-state index contributed by atoms with van der Waals surface area (Å²) >= 11 is 3.53. The van der Waals surface area contributed by atoms with E-state index in [1.807, 2.05) is 4.90 Å². The third-order valence-electron chi connectivity index (χ3n) is 3.26. The first kappa shape index (κ1) is 14.0. The number of amides is 1. The average Bonchev–Trinajstić information content (AvgIpc) is 2.23. The van der Waals surface area contributed by atoms with Crippen molar-refractivity contribution in [1.29, 1.82) is 0 Å². The smallest absolute Gasteiger partial charge is 0.236 e. The lowest BCUT2D eigenvalue weighted by atomic mass is 9.91. The molecular weight excluding hydrogens is 266 g/mol. The van der Waals surface area contributed by atoms with Crippen LogP contribution in [0.4, 0.5) is 0 Å². The van der Waals surface area contributed by atoms with Crippen molar-refractivity contribution in [3.05, 3.63) is 0 Å². The molecule has 2 nitrogen and oxygen atoms in total. The largest absolute Gasteiger partial charge is 0.341 e. The summed E-state index contributed by atoms with van der Waals surface area (Å²) in [5.74, 6) is 1.60. The summed E-state index contributed by atoms with van der Waals surface area (Å²) in [4.78, 5) is 14.3. The highest BCUT2D eigenvalue weighted by atomic mass is 79.9. The van der Waals surface area contributed by atoms with Gasteiger partial charge in [0.15, 0.2) is 0 Å². The lowest BCUT2D eigenvalue weighted by molar-refractivity contribution is -0.133. The number of rotatable bonds is 4. The quantitative estimate of drug-likeness (QED) is 0.726. The topological polar surface area (TPSA) is 20.3 Å². The van der Waals surface area contributed by atoms with Crippen molar-refractivity contribution in [3.63, 3.8) is 0 Å². The average molecular weight is 290 g/mol. The normalized spacial score (nSPS) is 27.9. The van der Waals surface area contributed by atoms with Gasteiger partial charge in [0, 0.05) is 13.1 Å². The molecular formula is C13H24BrNO. The van der Waals surface area contributed by atoms with Crippen LogP contribution in [0.2, 0.25) is 0 Å². The minimum absolute atomic E-state index is 0.0324. The molecule has 1 saturated heterocycles. The van der Waals surface area contributed by atoms with Crippen molar-refractivity contribution in [1.82, 2.24) is 4.90 Å². The third kappa shape index (κ3) is 4.08. The zero-order valence-corrected chi connectivity index (χ0v) is 12.3. The number of hydrogen-bond acceptors (Lipinski definition) is 1. The summed E-state index contributed by atoms with van der Waals surface area (Å²) in [7, 11) is 0. The highest BCUT2D eigenvalue weighted by molar-refractivity contribution is 9.10. The molecule has 0 N–H and O–H groups in total. The predicted octanol–water partition coefficient (Wildman–Crippen LogP) is 3.44. The van der Waals surface area contributed by atoms with Crippen LogP contribution in [-0.4, -0.2) is 28.7 Å². The molecule has 0 radical (unpaired) electrons. The van der Waals surface area contributed by atoms with Gasteiger partial charge in [-0.15, -0.1) is 0 Å². The van der Waals surface area contributed by atoms with E-state index in [4.69, 9.17) is 0 Å². The minimum atomic E-state index is 0.0324. The molecule has 0 aromatic rings. The Morgan fingerprint density at radius 2 is 1.94 bits per heavy atom. The fourth-order valence-electron chi connectivity index (χ4n) is 2.55. The van der Waals surface area contributed by atoms with Gasteiger partial charge >= 0.3 is 0 Å². The molecule has 0 aromatic carbocycles. The maximum absolute atomic E-state index is 12.2. The number of hydrogen-bond donors (Lipinski definition) is 0. The van der Waals surface area contributed by atoms with E-state index in [9.17, 15) is 4.79 Å². The van der Waals surface area contributed by atoms with Gasteiger partial charge in [-0.05, 0) is 24.7 Å². The van der Waals surface area contributed by atoms with Crippen molar-refractivity contribution >= 4 is 21.8 Å². The maximum atomic E-state index is 12.2. The molecule has 0 bridgehead atoms. The van der Waals surface area contributed by atoms with Gasteiger partial charge in [-0.1, -0.05) is 49.5 Å². The van der Waals surface area contributed by atoms with E-state index >= 15 is 0 Å². The molecule has 94 valence electrons. The Morgan fingerprint density at radius 1 is 1.38 bits per heavy atom. The first-order valence-electron chi connectivity index (χ1n) is 6.47. The van der Waals surface area contributed by atoms with E-state index in [2.05, 4.69) is 36.7 Å². The Bertz CT molecular complexity index is 222. The summed E-state index contributed by atoms with van der Waals surface area (Å²) in [6, 6.07) is 0. The maximum Gasteiger partial charge on any atom is 0.236 e. The second-order valence-corrected chi connectivity index (χ2v) is 6.40. The van der Waals surface area contributed by atoms with Crippen molar-refractivity contribution < 1.29 is 4.79 Å². The molecule has 3 heteroatoms. The second-order valence-electron chi connectivity index (χ2n) is 5.30. The molecule has 0 spiro atoms. The van der Waals surface area contributed by atoms with E-state index in [1.165, 1.54) is 6.42 Å². The number of carbonyl (C=O) groups excluding carboxylic acids is 1. The van der Waals surface area contributed by atoms with Gasteiger partial charge < -0.3 is 4.90 Å². The first-order valence-corrected chi connectivity index (χ1v) is 7.39. The Balaban J connectivity index is 2.45. The van der Waals surface area contributed by atoms with E-state index < -0.39 is 0 Å². The zero-order chi connectivity index (χ0) is 12.1. The lowest BCUT2D eigenvalue weighted by Gasteiger charge is -2.36. The molecule has 1 aliphatic rings. The molecule has 1 heterocycles. The van der Waals surface area contributed by atoms with Crippen LogP contribution in [0.3, 0.4) is 0 Å². The molecule has 1 aliphatic heterocycles. The Kier molecular flexibility index (Phi) is 5.81. The van der Waals surface area contributed by atoms with Gasteiger partial charge in [0.2, 0.25) is 5.91 Å². The molecule has 1 amide bonds. The molecule has 0 aliphatic carbocycles. The van der Waals surface area contributed by atoms with Crippen molar-refractivity contribution in [2.24, 2.45) is 11.8 Å². The SMILES string of the molecule is CCCCC(Br)C(=O)N1CC(C)CC(C)C1. The van der Waals surface area contributed by atoms with Gasteiger partial charge in [0.1, 0.15) is 0 Å². The minimum Gasteiger partial charge on any atom is -0.341 e. The van der Waals surface area contributed by atoms with E-state index in [1.54, 1.807) is 0 Å². The van der Waals surface area contributed by atoms with Crippen LogP contribution in [0, 0.1) is 11.8 Å². The standard InChI is InChI=1S/C13H24BrNO/c1-4-5-6-12(14)13(16)15-8-10(2)7-11(3)9-15/h10-12H,4-9H2,1-3H3. The van der Waals surface area contributed by atoms with Gasteiger partial charge in [-0.25, -0.2) is 0 Å². The fraction of sp³-hybridized carbons (Fsp3) is 0.923. The number of likely N-dealkylation sites (tertiary alicyclic amines) is 1. The number of halogens is 1. The number of piperidine rings is 1. The third-order valence-corrected chi connectivity index (χ3v) is 4.11. The van der Waals surface area contributed by atoms with E-state index in [0.29, 0.717) is 17.7 Å². The molecule has 0 aromatic heterocycles. The number of unbranched alkanes of at least 4 members (excludes halogenated alkanes) is 1. The first-order chi connectivity index (χ1) is 7.54. The van der Waals surface area contributed by atoms with Crippen molar-refractivity contribution in [2.45, 2.75) is 51.3 Å². The van der Waals surface area contributed by atoms with Crippen LogP contribution < -0.4 is 0 Å². The summed E-state index contributed by atoms with van der Waals surface area (Å²) in [6.45, 7) is 8.53.